The second-order valence-electron chi connectivity index (χ2n) is 6.02. The summed E-state index contributed by atoms with van der Waals surface area (Å²) in [5.74, 6) is -1.08. The lowest BCUT2D eigenvalue weighted by Gasteiger charge is -2.29. The Bertz CT molecular complexity index is 708. The minimum absolute atomic E-state index is 0.0263. The van der Waals surface area contributed by atoms with Gasteiger partial charge in [0.15, 0.2) is 4.17 Å². The van der Waals surface area contributed by atoms with Gasteiger partial charge in [-0.1, -0.05) is 38.3 Å². The summed E-state index contributed by atoms with van der Waals surface area (Å²) in [6, 6.07) is 11.8. The summed E-state index contributed by atoms with van der Waals surface area (Å²) in [5.41, 5.74) is 2.49. The molecule has 2 aromatic carbocycles. The number of fused-ring (bicyclic) bond motifs is 1. The number of benzene rings is 2. The van der Waals surface area contributed by atoms with Gasteiger partial charge in [0.1, 0.15) is 11.6 Å². The molecule has 0 saturated carbocycles. The molecule has 0 saturated heterocycles. The largest absolute Gasteiger partial charge is 0.341 e. The Kier molecular flexibility index (Phi) is 5.58. The topological polar surface area (TPSA) is 6.48 Å². The van der Waals surface area contributed by atoms with E-state index in [0.717, 1.165) is 30.4 Å². The minimum atomic E-state index is -0.551. The number of hydrogen-bond acceptors (Lipinski definition) is 2. The van der Waals surface area contributed by atoms with Crippen LogP contribution in [0.3, 0.4) is 0 Å². The van der Waals surface area contributed by atoms with Gasteiger partial charge in [-0.25, -0.2) is 8.78 Å². The fourth-order valence-electron chi connectivity index (χ4n) is 3.14. The zero-order valence-corrected chi connectivity index (χ0v) is 15.8. The highest BCUT2D eigenvalue weighted by Gasteiger charge is 2.35. The van der Waals surface area contributed by atoms with Gasteiger partial charge in [0.25, 0.3) is 0 Å². The second-order valence-corrected chi connectivity index (χ2v) is 7.13. The maximum atomic E-state index is 14.3. The molecule has 3 rings (SSSR count). The summed E-state index contributed by atoms with van der Waals surface area (Å²) in [6.45, 7) is 3.13. The lowest BCUT2D eigenvalue weighted by molar-refractivity contribution is 0.581. The van der Waals surface area contributed by atoms with Gasteiger partial charge < -0.3 is 9.80 Å². The SMILES string of the molecule is CCCCCCN1c2ccccc2N(c2ccc(F)cc2F)C1I. The second kappa shape index (κ2) is 7.68. The molecule has 0 radical (unpaired) electrons. The quantitative estimate of drug-likeness (QED) is 0.227. The van der Waals surface area contributed by atoms with Crippen LogP contribution in [0.1, 0.15) is 32.6 Å². The number of alkyl halides is 1. The lowest BCUT2D eigenvalue weighted by atomic mass is 10.2. The van der Waals surface area contributed by atoms with E-state index in [-0.39, 0.29) is 4.17 Å². The van der Waals surface area contributed by atoms with Crippen LogP contribution < -0.4 is 9.80 Å². The molecule has 2 aromatic rings. The van der Waals surface area contributed by atoms with Gasteiger partial charge in [0, 0.05) is 12.6 Å². The van der Waals surface area contributed by atoms with Crippen molar-refractivity contribution in [2.24, 2.45) is 0 Å². The summed E-state index contributed by atoms with van der Waals surface area (Å²) < 4.78 is 27.6. The van der Waals surface area contributed by atoms with Crippen molar-refractivity contribution in [2.45, 2.75) is 36.8 Å². The fraction of sp³-hybridized carbons (Fsp3) is 0.368. The van der Waals surface area contributed by atoms with Crippen molar-refractivity contribution < 1.29 is 8.78 Å². The molecule has 24 heavy (non-hydrogen) atoms. The first-order chi connectivity index (χ1) is 11.6. The van der Waals surface area contributed by atoms with Gasteiger partial charge in [0.05, 0.1) is 17.1 Å². The van der Waals surface area contributed by atoms with Crippen molar-refractivity contribution in [1.29, 1.82) is 0 Å². The summed E-state index contributed by atoms with van der Waals surface area (Å²) >= 11 is 2.33. The average Bonchev–Trinajstić information content (AvgIpc) is 2.84. The van der Waals surface area contributed by atoms with Crippen LogP contribution in [-0.2, 0) is 0 Å². The van der Waals surface area contributed by atoms with Crippen molar-refractivity contribution in [3.63, 3.8) is 0 Å². The number of unbranched alkanes of at least 4 members (excludes halogenated alkanes) is 3. The summed E-state index contributed by atoms with van der Waals surface area (Å²) in [6.07, 6.45) is 4.75. The molecular formula is C19H21F2IN2. The smallest absolute Gasteiger partial charge is 0.159 e. The number of anilines is 3. The van der Waals surface area contributed by atoms with Crippen molar-refractivity contribution in [3.8, 4) is 0 Å². The van der Waals surface area contributed by atoms with Crippen LogP contribution in [-0.4, -0.2) is 10.7 Å². The van der Waals surface area contributed by atoms with E-state index in [9.17, 15) is 8.78 Å². The zero-order valence-electron chi connectivity index (χ0n) is 13.7. The standard InChI is InChI=1S/C19H21F2IN2/c1-2-3-4-7-12-23-17-8-5-6-9-18(17)24(19(23)22)16-11-10-14(20)13-15(16)21/h5-6,8-11,13,19H,2-4,7,12H2,1H3. The molecule has 0 aliphatic carbocycles. The Labute approximate surface area is 155 Å². The van der Waals surface area contributed by atoms with Gasteiger partial charge >= 0.3 is 0 Å². The van der Waals surface area contributed by atoms with Crippen molar-refractivity contribution in [2.75, 3.05) is 16.3 Å². The van der Waals surface area contributed by atoms with Gasteiger partial charge in [-0.3, -0.25) is 0 Å². The van der Waals surface area contributed by atoms with Crippen LogP contribution >= 0.6 is 22.6 Å². The van der Waals surface area contributed by atoms with E-state index in [1.54, 1.807) is 0 Å². The normalized spacial score (nSPS) is 16.6. The number of hydrogen-bond donors (Lipinski definition) is 0. The van der Waals surface area contributed by atoms with E-state index in [2.05, 4.69) is 40.5 Å². The summed E-state index contributed by atoms with van der Waals surface area (Å²) in [7, 11) is 0. The predicted molar refractivity (Wildman–Crippen MR) is 104 cm³/mol. The molecule has 1 unspecified atom stereocenters. The number of nitrogens with zero attached hydrogens (tertiary/aromatic N) is 2. The average molecular weight is 442 g/mol. The van der Waals surface area contributed by atoms with E-state index in [1.807, 2.05) is 23.1 Å². The van der Waals surface area contributed by atoms with Gasteiger partial charge in [-0.2, -0.15) is 0 Å². The minimum Gasteiger partial charge on any atom is -0.341 e. The third-order valence-corrected chi connectivity index (χ3v) is 5.57. The monoisotopic (exact) mass is 442 g/mol. The molecule has 5 heteroatoms. The third kappa shape index (κ3) is 3.36. The van der Waals surface area contributed by atoms with Crippen LogP contribution in [0.5, 0.6) is 0 Å². The van der Waals surface area contributed by atoms with E-state index >= 15 is 0 Å². The van der Waals surface area contributed by atoms with Gasteiger partial charge in [-0.05, 0) is 53.3 Å². The summed E-state index contributed by atoms with van der Waals surface area (Å²) in [5, 5.41) is 0. The maximum Gasteiger partial charge on any atom is 0.159 e. The predicted octanol–water partition coefficient (Wildman–Crippen LogP) is 6.22. The van der Waals surface area contributed by atoms with E-state index < -0.39 is 11.6 Å². The first-order valence-electron chi connectivity index (χ1n) is 8.37. The molecule has 1 aliphatic heterocycles. The fourth-order valence-corrected chi connectivity index (χ4v) is 4.32. The van der Waals surface area contributed by atoms with Crippen LogP contribution in [0.15, 0.2) is 42.5 Å². The highest BCUT2D eigenvalue weighted by atomic mass is 127. The number of rotatable bonds is 6. The molecule has 1 aliphatic rings. The third-order valence-electron chi connectivity index (χ3n) is 4.34. The molecule has 0 amide bonds. The maximum absolute atomic E-state index is 14.3. The Hall–Kier alpha value is -1.37. The summed E-state index contributed by atoms with van der Waals surface area (Å²) in [4.78, 5) is 4.25. The molecule has 0 bridgehead atoms. The molecule has 1 heterocycles. The Morgan fingerprint density at radius 3 is 2.42 bits per heavy atom. The molecule has 0 fully saturated rings. The Balaban J connectivity index is 1.91. The number of para-hydroxylation sites is 2. The Morgan fingerprint density at radius 1 is 0.958 bits per heavy atom. The van der Waals surface area contributed by atoms with E-state index in [1.165, 1.54) is 31.4 Å². The van der Waals surface area contributed by atoms with E-state index in [0.29, 0.717) is 5.69 Å². The first-order valence-corrected chi connectivity index (χ1v) is 9.62. The molecule has 1 atom stereocenters. The zero-order chi connectivity index (χ0) is 17.1. The lowest BCUT2D eigenvalue weighted by Crippen LogP contribution is -2.36. The van der Waals surface area contributed by atoms with Crippen molar-refractivity contribution >= 4 is 39.7 Å². The highest BCUT2D eigenvalue weighted by Crippen LogP contribution is 2.46. The number of halogens is 3. The molecule has 0 aromatic heterocycles. The van der Waals surface area contributed by atoms with Crippen LogP contribution in [0, 0.1) is 11.6 Å². The first kappa shape index (κ1) is 17.5. The van der Waals surface area contributed by atoms with Crippen molar-refractivity contribution in [3.05, 3.63) is 54.1 Å². The van der Waals surface area contributed by atoms with Crippen LogP contribution in [0.2, 0.25) is 0 Å². The van der Waals surface area contributed by atoms with Crippen molar-refractivity contribution in [1.82, 2.24) is 0 Å². The van der Waals surface area contributed by atoms with Gasteiger partial charge in [-0.15, -0.1) is 0 Å². The van der Waals surface area contributed by atoms with Crippen LogP contribution in [0.25, 0.3) is 0 Å². The highest BCUT2D eigenvalue weighted by molar-refractivity contribution is 14.1. The molecule has 128 valence electrons. The Morgan fingerprint density at radius 2 is 1.71 bits per heavy atom. The molecule has 0 N–H and O–H groups in total. The van der Waals surface area contributed by atoms with Gasteiger partial charge in [0.2, 0.25) is 0 Å². The molecule has 2 nitrogen and oxygen atoms in total. The molecule has 0 spiro atoms. The molecular weight excluding hydrogens is 421 g/mol. The van der Waals surface area contributed by atoms with E-state index in [4.69, 9.17) is 0 Å². The van der Waals surface area contributed by atoms with Crippen LogP contribution in [0.4, 0.5) is 25.8 Å².